The maximum Gasteiger partial charge on any atom is 0.231 e. The summed E-state index contributed by atoms with van der Waals surface area (Å²) in [6.45, 7) is 4.41. The Labute approximate surface area is 145 Å². The van der Waals surface area contributed by atoms with Crippen LogP contribution in [0, 0.1) is 0 Å². The van der Waals surface area contributed by atoms with E-state index in [1.54, 1.807) is 18.2 Å². The molecule has 7 heteroatoms. The highest BCUT2D eigenvalue weighted by molar-refractivity contribution is 6.14. The second-order valence-corrected chi connectivity index (χ2v) is 6.17. The molecular formula is C18H19N3O4. The summed E-state index contributed by atoms with van der Waals surface area (Å²) in [5, 5.41) is 0. The van der Waals surface area contributed by atoms with Crippen molar-refractivity contribution in [3.05, 3.63) is 47.3 Å². The summed E-state index contributed by atoms with van der Waals surface area (Å²) >= 11 is 0. The monoisotopic (exact) mass is 341 g/mol. The molecule has 2 heterocycles. The van der Waals surface area contributed by atoms with Crippen LogP contribution in [0.25, 0.3) is 0 Å². The Morgan fingerprint density at radius 2 is 1.76 bits per heavy atom. The highest BCUT2D eigenvalue weighted by Gasteiger charge is 2.30. The zero-order valence-electron chi connectivity index (χ0n) is 14.6. The Morgan fingerprint density at radius 1 is 1.12 bits per heavy atom. The molecular weight excluding hydrogens is 322 g/mol. The van der Waals surface area contributed by atoms with Crippen molar-refractivity contribution < 1.29 is 19.0 Å². The molecule has 1 aromatic heterocycles. The number of rotatable bonds is 5. The van der Waals surface area contributed by atoms with E-state index in [0.717, 1.165) is 0 Å². The zero-order valence-corrected chi connectivity index (χ0v) is 14.6. The average Bonchev–Trinajstić information content (AvgIpc) is 3.00. The van der Waals surface area contributed by atoms with Crippen LogP contribution in [0.3, 0.4) is 0 Å². The number of aliphatic imine (C=N–C) groups is 1. The predicted octanol–water partition coefficient (Wildman–Crippen LogP) is 2.28. The SMILES string of the molecule is COc1cc(OC)nc(C(=O)c2ccccc2C2=NC(C)(C)CO2)n1. The number of carbonyl (C=O) groups excluding carboxylic acids is 1. The van der Waals surface area contributed by atoms with Crippen molar-refractivity contribution >= 4 is 11.7 Å². The molecule has 1 aliphatic rings. The lowest BCUT2D eigenvalue weighted by atomic mass is 10.0. The predicted molar refractivity (Wildman–Crippen MR) is 91.6 cm³/mol. The maximum absolute atomic E-state index is 13.0. The van der Waals surface area contributed by atoms with Crippen molar-refractivity contribution in [3.63, 3.8) is 0 Å². The molecule has 0 unspecified atom stereocenters. The quantitative estimate of drug-likeness (QED) is 0.776. The van der Waals surface area contributed by atoms with Crippen LogP contribution in [0.4, 0.5) is 0 Å². The molecule has 0 fully saturated rings. The largest absolute Gasteiger partial charge is 0.481 e. The van der Waals surface area contributed by atoms with Gasteiger partial charge in [0, 0.05) is 11.1 Å². The lowest BCUT2D eigenvalue weighted by molar-refractivity contribution is 0.102. The number of methoxy groups -OCH3 is 2. The minimum Gasteiger partial charge on any atom is -0.481 e. The van der Waals surface area contributed by atoms with Crippen LogP contribution >= 0.6 is 0 Å². The molecule has 0 saturated carbocycles. The fourth-order valence-electron chi connectivity index (χ4n) is 2.43. The van der Waals surface area contributed by atoms with E-state index in [1.165, 1.54) is 20.3 Å². The van der Waals surface area contributed by atoms with Crippen molar-refractivity contribution in [2.45, 2.75) is 19.4 Å². The first-order chi connectivity index (χ1) is 11.9. The molecule has 3 rings (SSSR count). The van der Waals surface area contributed by atoms with E-state index in [4.69, 9.17) is 14.2 Å². The molecule has 25 heavy (non-hydrogen) atoms. The van der Waals surface area contributed by atoms with Gasteiger partial charge in [-0.25, -0.2) is 4.99 Å². The molecule has 0 saturated heterocycles. The van der Waals surface area contributed by atoms with Gasteiger partial charge in [-0.1, -0.05) is 18.2 Å². The lowest BCUT2D eigenvalue weighted by Gasteiger charge is -2.09. The Kier molecular flexibility index (Phi) is 4.39. The van der Waals surface area contributed by atoms with Crippen LogP contribution in [-0.2, 0) is 4.74 Å². The summed E-state index contributed by atoms with van der Waals surface area (Å²) in [6.07, 6.45) is 0. The number of hydrogen-bond donors (Lipinski definition) is 0. The van der Waals surface area contributed by atoms with Crippen molar-refractivity contribution in [3.8, 4) is 11.8 Å². The van der Waals surface area contributed by atoms with E-state index in [9.17, 15) is 4.79 Å². The van der Waals surface area contributed by atoms with Gasteiger partial charge < -0.3 is 14.2 Å². The number of hydrogen-bond acceptors (Lipinski definition) is 7. The Balaban J connectivity index is 2.05. The normalized spacial score (nSPS) is 15.3. The van der Waals surface area contributed by atoms with Crippen LogP contribution in [-0.4, -0.2) is 48.0 Å². The molecule has 0 N–H and O–H groups in total. The van der Waals surface area contributed by atoms with Gasteiger partial charge in [-0.2, -0.15) is 9.97 Å². The van der Waals surface area contributed by atoms with Gasteiger partial charge in [0.05, 0.1) is 25.8 Å². The first-order valence-corrected chi connectivity index (χ1v) is 7.77. The molecule has 2 aromatic rings. The van der Waals surface area contributed by atoms with Gasteiger partial charge in [0.1, 0.15) is 6.61 Å². The summed E-state index contributed by atoms with van der Waals surface area (Å²) in [7, 11) is 2.93. The highest BCUT2D eigenvalue weighted by atomic mass is 16.5. The fourth-order valence-corrected chi connectivity index (χ4v) is 2.43. The van der Waals surface area contributed by atoms with E-state index in [-0.39, 0.29) is 28.9 Å². The number of carbonyl (C=O) groups is 1. The van der Waals surface area contributed by atoms with Gasteiger partial charge in [-0.3, -0.25) is 4.79 Å². The molecule has 0 amide bonds. The van der Waals surface area contributed by atoms with Gasteiger partial charge in [0.15, 0.2) is 0 Å². The smallest absolute Gasteiger partial charge is 0.231 e. The van der Waals surface area contributed by atoms with Crippen LogP contribution in [0.5, 0.6) is 11.8 Å². The summed E-state index contributed by atoms with van der Waals surface area (Å²) in [5.74, 6) is 0.584. The minimum atomic E-state index is -0.358. The zero-order chi connectivity index (χ0) is 18.0. The summed E-state index contributed by atoms with van der Waals surface area (Å²) in [5.41, 5.74) is 0.707. The molecule has 130 valence electrons. The Hall–Kier alpha value is -2.96. The molecule has 0 atom stereocenters. The van der Waals surface area contributed by atoms with Crippen LogP contribution in [0.2, 0.25) is 0 Å². The Bertz CT molecular complexity index is 824. The van der Waals surface area contributed by atoms with Crippen molar-refractivity contribution in [2.75, 3.05) is 20.8 Å². The number of benzene rings is 1. The number of nitrogens with zero attached hydrogens (tertiary/aromatic N) is 3. The topological polar surface area (TPSA) is 82.9 Å². The molecule has 0 spiro atoms. The fraction of sp³-hybridized carbons (Fsp3) is 0.333. The van der Waals surface area contributed by atoms with Gasteiger partial charge in [-0.05, 0) is 19.9 Å². The number of ketones is 1. The molecule has 0 radical (unpaired) electrons. The van der Waals surface area contributed by atoms with Gasteiger partial charge in [-0.15, -0.1) is 0 Å². The third-order valence-electron chi connectivity index (χ3n) is 3.67. The third kappa shape index (κ3) is 3.45. The van der Waals surface area contributed by atoms with E-state index in [0.29, 0.717) is 23.6 Å². The molecule has 1 aromatic carbocycles. The second kappa shape index (κ2) is 6.51. The average molecular weight is 341 g/mol. The molecule has 7 nitrogen and oxygen atoms in total. The van der Waals surface area contributed by atoms with Crippen LogP contribution in [0.1, 0.15) is 35.6 Å². The molecule has 0 bridgehead atoms. The standard InChI is InChI=1S/C18H19N3O4/c1-18(2)10-25-17(21-18)12-8-6-5-7-11(12)15(22)16-19-13(23-3)9-14(20-16)24-4/h5-9H,10H2,1-4H3. The first-order valence-electron chi connectivity index (χ1n) is 7.77. The van der Waals surface area contributed by atoms with E-state index in [2.05, 4.69) is 15.0 Å². The summed E-state index contributed by atoms with van der Waals surface area (Å²) in [4.78, 5) is 25.8. The summed E-state index contributed by atoms with van der Waals surface area (Å²) < 4.78 is 15.9. The van der Waals surface area contributed by atoms with Crippen LogP contribution in [0.15, 0.2) is 35.3 Å². The number of aromatic nitrogens is 2. The second-order valence-electron chi connectivity index (χ2n) is 6.17. The van der Waals surface area contributed by atoms with Gasteiger partial charge >= 0.3 is 0 Å². The third-order valence-corrected chi connectivity index (χ3v) is 3.67. The van der Waals surface area contributed by atoms with Crippen molar-refractivity contribution in [1.29, 1.82) is 0 Å². The maximum atomic E-state index is 13.0. The highest BCUT2D eigenvalue weighted by Crippen LogP contribution is 2.24. The van der Waals surface area contributed by atoms with Gasteiger partial charge in [0.2, 0.25) is 29.3 Å². The molecule has 1 aliphatic heterocycles. The lowest BCUT2D eigenvalue weighted by Crippen LogP contribution is -2.17. The van der Waals surface area contributed by atoms with E-state index in [1.807, 2.05) is 19.9 Å². The summed E-state index contributed by atoms with van der Waals surface area (Å²) in [6, 6.07) is 8.61. The van der Waals surface area contributed by atoms with E-state index < -0.39 is 0 Å². The van der Waals surface area contributed by atoms with Crippen LogP contribution < -0.4 is 9.47 Å². The van der Waals surface area contributed by atoms with Crippen molar-refractivity contribution in [1.82, 2.24) is 9.97 Å². The molecule has 0 aliphatic carbocycles. The minimum absolute atomic E-state index is 0.0125. The van der Waals surface area contributed by atoms with E-state index >= 15 is 0 Å². The Morgan fingerprint density at radius 3 is 2.32 bits per heavy atom. The van der Waals surface area contributed by atoms with Gasteiger partial charge in [0.25, 0.3) is 0 Å². The van der Waals surface area contributed by atoms with Crippen molar-refractivity contribution in [2.24, 2.45) is 4.99 Å². The first kappa shape index (κ1) is 16.9. The number of ether oxygens (including phenoxy) is 3.